The number of carbonyl (C=O) groups is 1. The Morgan fingerprint density at radius 3 is 2.67 bits per heavy atom. The minimum atomic E-state index is -0.445. The van der Waals surface area contributed by atoms with E-state index in [0.717, 1.165) is 5.56 Å². The first kappa shape index (κ1) is 17.6. The van der Waals surface area contributed by atoms with Crippen LogP contribution in [-0.2, 0) is 16.1 Å². The molecule has 1 rings (SSSR count). The minimum Gasteiger partial charge on any atom is -0.468 e. The maximum Gasteiger partial charge on any atom is 0.322 e. The molecule has 0 spiro atoms. The second kappa shape index (κ2) is 8.09. The number of nitro benzene ring substituents is 1. The van der Waals surface area contributed by atoms with Crippen LogP contribution in [0.25, 0.3) is 0 Å². The van der Waals surface area contributed by atoms with Crippen molar-refractivity contribution in [3.8, 4) is 0 Å². The zero-order valence-corrected chi connectivity index (χ0v) is 13.8. The van der Waals surface area contributed by atoms with Crippen molar-refractivity contribution in [2.45, 2.75) is 32.9 Å². The zero-order chi connectivity index (χ0) is 16.0. The van der Waals surface area contributed by atoms with Gasteiger partial charge in [-0.1, -0.05) is 26.0 Å². The van der Waals surface area contributed by atoms with Crippen LogP contribution in [0.2, 0.25) is 0 Å². The van der Waals surface area contributed by atoms with Gasteiger partial charge in [-0.15, -0.1) is 0 Å². The number of benzene rings is 1. The number of esters is 1. The van der Waals surface area contributed by atoms with Gasteiger partial charge in [-0.2, -0.15) is 0 Å². The van der Waals surface area contributed by atoms with Crippen molar-refractivity contribution < 1.29 is 14.5 Å². The summed E-state index contributed by atoms with van der Waals surface area (Å²) in [6.45, 7) is 4.37. The molecule has 116 valence electrons. The number of halogens is 1. The van der Waals surface area contributed by atoms with Crippen LogP contribution in [0.3, 0.4) is 0 Å². The fourth-order valence-corrected chi connectivity index (χ4v) is 2.50. The Balaban J connectivity index is 2.83. The number of hydrogen-bond acceptors (Lipinski definition) is 5. The summed E-state index contributed by atoms with van der Waals surface area (Å²) in [6, 6.07) is 4.39. The number of rotatable bonds is 7. The number of nitro groups is 1. The Hall–Kier alpha value is -1.47. The van der Waals surface area contributed by atoms with Crippen LogP contribution >= 0.6 is 15.9 Å². The summed E-state index contributed by atoms with van der Waals surface area (Å²) in [5.41, 5.74) is 0.731. The Labute approximate surface area is 132 Å². The third kappa shape index (κ3) is 5.09. The summed E-state index contributed by atoms with van der Waals surface area (Å²) in [7, 11) is 1.35. The molecule has 0 aromatic heterocycles. The van der Waals surface area contributed by atoms with E-state index in [1.165, 1.54) is 13.2 Å². The Bertz CT molecular complexity index is 520. The van der Waals surface area contributed by atoms with Gasteiger partial charge in [0.2, 0.25) is 0 Å². The number of hydrogen-bond donors (Lipinski definition) is 1. The number of nitrogens with one attached hydrogen (secondary N) is 1. The van der Waals surface area contributed by atoms with Gasteiger partial charge in [0.25, 0.3) is 5.69 Å². The van der Waals surface area contributed by atoms with E-state index in [9.17, 15) is 14.9 Å². The van der Waals surface area contributed by atoms with E-state index >= 15 is 0 Å². The summed E-state index contributed by atoms with van der Waals surface area (Å²) >= 11 is 3.24. The lowest BCUT2D eigenvalue weighted by molar-refractivity contribution is -0.385. The molecule has 0 radical (unpaired) electrons. The molecule has 0 bridgehead atoms. The van der Waals surface area contributed by atoms with Crippen LogP contribution in [0.1, 0.15) is 25.8 Å². The number of methoxy groups -OCH3 is 1. The normalized spacial score (nSPS) is 12.2. The molecular weight excluding hydrogens is 340 g/mol. The van der Waals surface area contributed by atoms with E-state index in [0.29, 0.717) is 23.4 Å². The van der Waals surface area contributed by atoms with Gasteiger partial charge in [0.15, 0.2) is 0 Å². The molecule has 0 aliphatic heterocycles. The summed E-state index contributed by atoms with van der Waals surface area (Å²) in [6.07, 6.45) is 0.638. The monoisotopic (exact) mass is 358 g/mol. The molecule has 6 nitrogen and oxygen atoms in total. The average molecular weight is 359 g/mol. The first-order chi connectivity index (χ1) is 9.86. The van der Waals surface area contributed by atoms with Crippen LogP contribution in [0, 0.1) is 16.0 Å². The van der Waals surface area contributed by atoms with Crippen molar-refractivity contribution in [1.82, 2.24) is 5.32 Å². The van der Waals surface area contributed by atoms with E-state index in [4.69, 9.17) is 4.74 Å². The van der Waals surface area contributed by atoms with E-state index in [2.05, 4.69) is 21.2 Å². The molecule has 1 atom stereocenters. The Kier molecular flexibility index (Phi) is 6.77. The second-order valence-electron chi connectivity index (χ2n) is 5.09. The van der Waals surface area contributed by atoms with Crippen molar-refractivity contribution in [1.29, 1.82) is 0 Å². The van der Waals surface area contributed by atoms with Crippen LogP contribution in [0.15, 0.2) is 22.7 Å². The number of nitrogens with zero attached hydrogens (tertiary/aromatic N) is 1. The zero-order valence-electron chi connectivity index (χ0n) is 12.3. The Morgan fingerprint density at radius 1 is 1.48 bits per heavy atom. The molecule has 7 heteroatoms. The van der Waals surface area contributed by atoms with Crippen molar-refractivity contribution >= 4 is 27.6 Å². The van der Waals surface area contributed by atoms with Crippen LogP contribution in [0.5, 0.6) is 0 Å². The van der Waals surface area contributed by atoms with Gasteiger partial charge in [-0.3, -0.25) is 14.9 Å². The van der Waals surface area contributed by atoms with E-state index in [-0.39, 0.29) is 11.7 Å². The van der Waals surface area contributed by atoms with Gasteiger partial charge < -0.3 is 10.1 Å². The molecule has 0 saturated heterocycles. The average Bonchev–Trinajstić information content (AvgIpc) is 2.43. The molecule has 1 aromatic carbocycles. The lowest BCUT2D eigenvalue weighted by Crippen LogP contribution is -2.38. The smallest absolute Gasteiger partial charge is 0.322 e. The van der Waals surface area contributed by atoms with Gasteiger partial charge in [0.1, 0.15) is 6.04 Å². The largest absolute Gasteiger partial charge is 0.468 e. The van der Waals surface area contributed by atoms with Gasteiger partial charge in [-0.05, 0) is 33.8 Å². The summed E-state index contributed by atoms with van der Waals surface area (Å²) in [5.74, 6) is 0.000374. The first-order valence-corrected chi connectivity index (χ1v) is 7.39. The molecule has 21 heavy (non-hydrogen) atoms. The molecule has 0 fully saturated rings. The topological polar surface area (TPSA) is 81.5 Å². The van der Waals surface area contributed by atoms with Gasteiger partial charge in [-0.25, -0.2) is 0 Å². The molecule has 0 heterocycles. The molecule has 0 aliphatic carbocycles. The Morgan fingerprint density at radius 2 is 2.14 bits per heavy atom. The van der Waals surface area contributed by atoms with Crippen molar-refractivity contribution in [3.05, 3.63) is 38.3 Å². The highest BCUT2D eigenvalue weighted by Crippen LogP contribution is 2.28. The fourth-order valence-electron chi connectivity index (χ4n) is 1.95. The first-order valence-electron chi connectivity index (χ1n) is 6.59. The lowest BCUT2D eigenvalue weighted by Gasteiger charge is -2.18. The molecule has 0 saturated carbocycles. The SMILES string of the molecule is COC(=O)C(CC(C)C)NCc1cccc([N+](=O)[O-])c1Br. The summed E-state index contributed by atoms with van der Waals surface area (Å²) < 4.78 is 5.20. The van der Waals surface area contributed by atoms with Crippen LogP contribution in [0.4, 0.5) is 5.69 Å². The molecule has 0 amide bonds. The third-order valence-corrected chi connectivity index (χ3v) is 3.90. The van der Waals surface area contributed by atoms with Gasteiger partial charge in [0, 0.05) is 12.6 Å². The maximum atomic E-state index is 11.7. The quantitative estimate of drug-likeness (QED) is 0.460. The van der Waals surface area contributed by atoms with Gasteiger partial charge >= 0.3 is 5.97 Å². The van der Waals surface area contributed by atoms with Crippen LogP contribution in [-0.4, -0.2) is 24.0 Å². The fraction of sp³-hybridized carbons (Fsp3) is 0.500. The van der Waals surface area contributed by atoms with E-state index in [1.54, 1.807) is 12.1 Å². The van der Waals surface area contributed by atoms with E-state index < -0.39 is 11.0 Å². The van der Waals surface area contributed by atoms with Gasteiger partial charge in [0.05, 0.1) is 16.5 Å². The van der Waals surface area contributed by atoms with Crippen molar-refractivity contribution in [2.24, 2.45) is 5.92 Å². The minimum absolute atomic E-state index is 0.00720. The standard InChI is InChI=1S/C14H19BrN2O4/c1-9(2)7-11(14(18)21-3)16-8-10-5-4-6-12(13(10)15)17(19)20/h4-6,9,11,16H,7-8H2,1-3H3. The predicted octanol–water partition coefficient (Wildman–Crippen LogP) is 3.03. The highest BCUT2D eigenvalue weighted by Gasteiger charge is 2.21. The molecule has 1 N–H and O–H groups in total. The molecule has 0 aliphatic rings. The lowest BCUT2D eigenvalue weighted by atomic mass is 10.0. The summed E-state index contributed by atoms with van der Waals surface area (Å²) in [5, 5.41) is 14.0. The van der Waals surface area contributed by atoms with Crippen molar-refractivity contribution in [2.75, 3.05) is 7.11 Å². The third-order valence-electron chi connectivity index (χ3n) is 2.99. The predicted molar refractivity (Wildman–Crippen MR) is 82.9 cm³/mol. The molecular formula is C14H19BrN2O4. The molecule has 1 unspecified atom stereocenters. The second-order valence-corrected chi connectivity index (χ2v) is 5.89. The number of carbonyl (C=O) groups excluding carboxylic acids is 1. The van der Waals surface area contributed by atoms with E-state index in [1.807, 2.05) is 13.8 Å². The number of ether oxygens (including phenoxy) is 1. The maximum absolute atomic E-state index is 11.7. The highest BCUT2D eigenvalue weighted by molar-refractivity contribution is 9.10. The highest BCUT2D eigenvalue weighted by atomic mass is 79.9. The summed E-state index contributed by atoms with van der Waals surface area (Å²) in [4.78, 5) is 22.2. The van der Waals surface area contributed by atoms with Crippen molar-refractivity contribution in [3.63, 3.8) is 0 Å². The molecule has 1 aromatic rings. The van der Waals surface area contributed by atoms with Crippen LogP contribution < -0.4 is 5.32 Å².